The number of nitrogens with one attached hydrogen (secondary N) is 1. The molecule has 4 nitrogen and oxygen atoms in total. The molecule has 0 spiro atoms. The van der Waals surface area contributed by atoms with Crippen LogP contribution in [0.4, 0.5) is 14.5 Å². The molecule has 0 aliphatic carbocycles. The van der Waals surface area contributed by atoms with Gasteiger partial charge in [-0.1, -0.05) is 17.7 Å². The van der Waals surface area contributed by atoms with Gasteiger partial charge >= 0.3 is 5.97 Å². The minimum absolute atomic E-state index is 0.0485. The molecule has 0 bridgehead atoms. The molecule has 0 saturated heterocycles. The van der Waals surface area contributed by atoms with Crippen LogP contribution in [0.2, 0.25) is 5.02 Å². The van der Waals surface area contributed by atoms with Crippen LogP contribution in [0.3, 0.4) is 0 Å². The molecule has 3 N–H and O–H groups in total. The number of halogens is 3. The molecule has 0 unspecified atom stereocenters. The fourth-order valence-corrected chi connectivity index (χ4v) is 1.99. The lowest BCUT2D eigenvalue weighted by Crippen LogP contribution is -2.07. The van der Waals surface area contributed by atoms with Crippen molar-refractivity contribution in [3.05, 3.63) is 58.1 Å². The highest BCUT2D eigenvalue weighted by atomic mass is 35.5. The van der Waals surface area contributed by atoms with Gasteiger partial charge in [-0.05, 0) is 18.2 Å². The first-order chi connectivity index (χ1) is 9.90. The Labute approximate surface area is 123 Å². The molecule has 0 aliphatic heterocycles. The molecular formula is C14H10ClF2NO3. The Morgan fingerprint density at radius 3 is 2.57 bits per heavy atom. The summed E-state index contributed by atoms with van der Waals surface area (Å²) in [6.07, 6.45) is 0. The van der Waals surface area contributed by atoms with Gasteiger partial charge < -0.3 is 15.5 Å². The average molecular weight is 314 g/mol. The van der Waals surface area contributed by atoms with E-state index in [1.807, 2.05) is 0 Å². The first-order valence-electron chi connectivity index (χ1n) is 5.82. The number of hydrogen-bond acceptors (Lipinski definition) is 3. The predicted molar refractivity (Wildman–Crippen MR) is 73.8 cm³/mol. The maximum atomic E-state index is 13.6. The maximum absolute atomic E-state index is 13.6. The second-order valence-electron chi connectivity index (χ2n) is 4.21. The lowest BCUT2D eigenvalue weighted by molar-refractivity contribution is 0.0692. The third-order valence-electron chi connectivity index (χ3n) is 2.84. The van der Waals surface area contributed by atoms with E-state index in [1.165, 1.54) is 6.07 Å². The zero-order chi connectivity index (χ0) is 15.6. The van der Waals surface area contributed by atoms with Crippen LogP contribution >= 0.6 is 11.6 Å². The monoisotopic (exact) mass is 313 g/mol. The topological polar surface area (TPSA) is 69.6 Å². The maximum Gasteiger partial charge on any atom is 0.338 e. The number of aromatic carboxylic acids is 1. The van der Waals surface area contributed by atoms with Crippen molar-refractivity contribution in [2.45, 2.75) is 6.54 Å². The van der Waals surface area contributed by atoms with E-state index in [2.05, 4.69) is 5.32 Å². The van der Waals surface area contributed by atoms with Crippen LogP contribution in [0.25, 0.3) is 0 Å². The number of carboxylic acids is 1. The highest BCUT2D eigenvalue weighted by Crippen LogP contribution is 2.27. The van der Waals surface area contributed by atoms with Crippen molar-refractivity contribution in [2.75, 3.05) is 5.32 Å². The second-order valence-corrected chi connectivity index (χ2v) is 4.62. The van der Waals surface area contributed by atoms with E-state index >= 15 is 0 Å². The van der Waals surface area contributed by atoms with E-state index in [9.17, 15) is 18.7 Å². The molecule has 110 valence electrons. The number of rotatable bonds is 4. The van der Waals surface area contributed by atoms with Crippen LogP contribution in [0, 0.1) is 11.6 Å². The van der Waals surface area contributed by atoms with Crippen molar-refractivity contribution in [3.63, 3.8) is 0 Å². The van der Waals surface area contributed by atoms with Crippen LogP contribution < -0.4 is 5.32 Å². The number of anilines is 1. The van der Waals surface area contributed by atoms with Gasteiger partial charge in [0, 0.05) is 23.2 Å². The van der Waals surface area contributed by atoms with Gasteiger partial charge in [0.1, 0.15) is 17.4 Å². The Balaban J connectivity index is 2.28. The first-order valence-corrected chi connectivity index (χ1v) is 6.20. The SMILES string of the molecule is O=C(O)c1cc(NCc2c(O)cccc2Cl)c(F)cc1F. The number of carbonyl (C=O) groups is 1. The minimum Gasteiger partial charge on any atom is -0.508 e. The molecule has 0 atom stereocenters. The molecular weight excluding hydrogens is 304 g/mol. The quantitative estimate of drug-likeness (QED) is 0.806. The third-order valence-corrected chi connectivity index (χ3v) is 3.19. The van der Waals surface area contributed by atoms with Crippen molar-refractivity contribution >= 4 is 23.3 Å². The Morgan fingerprint density at radius 1 is 1.24 bits per heavy atom. The molecule has 0 saturated carbocycles. The molecule has 2 rings (SSSR count). The lowest BCUT2D eigenvalue weighted by Gasteiger charge is -2.11. The fraction of sp³-hybridized carbons (Fsp3) is 0.0714. The number of benzene rings is 2. The van der Waals surface area contributed by atoms with E-state index in [1.54, 1.807) is 12.1 Å². The van der Waals surface area contributed by atoms with Gasteiger partial charge in [-0.15, -0.1) is 0 Å². The minimum atomic E-state index is -1.50. The Bertz CT molecular complexity index is 687. The van der Waals surface area contributed by atoms with E-state index in [0.717, 1.165) is 6.07 Å². The summed E-state index contributed by atoms with van der Waals surface area (Å²) in [6.45, 7) is -0.0485. The largest absolute Gasteiger partial charge is 0.508 e. The summed E-state index contributed by atoms with van der Waals surface area (Å²) in [7, 11) is 0. The van der Waals surface area contributed by atoms with Crippen molar-refractivity contribution in [1.29, 1.82) is 0 Å². The van der Waals surface area contributed by atoms with Crippen LogP contribution in [0.1, 0.15) is 15.9 Å². The van der Waals surface area contributed by atoms with Crippen molar-refractivity contribution < 1.29 is 23.8 Å². The summed E-state index contributed by atoms with van der Waals surface area (Å²) >= 11 is 5.89. The summed E-state index contributed by atoms with van der Waals surface area (Å²) in [5.74, 6) is -3.69. The van der Waals surface area contributed by atoms with E-state index in [-0.39, 0.29) is 23.0 Å². The lowest BCUT2D eigenvalue weighted by atomic mass is 10.1. The Hall–Kier alpha value is -2.34. The van der Waals surface area contributed by atoms with Crippen LogP contribution in [-0.4, -0.2) is 16.2 Å². The molecule has 2 aromatic rings. The zero-order valence-electron chi connectivity index (χ0n) is 10.5. The second kappa shape index (κ2) is 5.97. The van der Waals surface area contributed by atoms with Gasteiger partial charge in [0.25, 0.3) is 0 Å². The van der Waals surface area contributed by atoms with Crippen LogP contribution in [0.5, 0.6) is 5.75 Å². The van der Waals surface area contributed by atoms with Gasteiger partial charge in [0.05, 0.1) is 11.3 Å². The van der Waals surface area contributed by atoms with E-state index in [4.69, 9.17) is 16.7 Å². The van der Waals surface area contributed by atoms with Crippen LogP contribution in [-0.2, 0) is 6.54 Å². The average Bonchev–Trinajstić information content (AvgIpc) is 2.39. The van der Waals surface area contributed by atoms with Gasteiger partial charge in [-0.2, -0.15) is 0 Å². The summed E-state index contributed by atoms with van der Waals surface area (Å²) in [6, 6.07) is 5.83. The Morgan fingerprint density at radius 2 is 1.95 bits per heavy atom. The molecule has 0 aliphatic rings. The number of aromatic hydroxyl groups is 1. The van der Waals surface area contributed by atoms with Gasteiger partial charge in [0.15, 0.2) is 0 Å². The number of phenolic OH excluding ortho intramolecular Hbond substituents is 1. The molecule has 0 radical (unpaired) electrons. The zero-order valence-corrected chi connectivity index (χ0v) is 11.3. The molecule has 0 amide bonds. The van der Waals surface area contributed by atoms with Crippen molar-refractivity contribution in [2.24, 2.45) is 0 Å². The fourth-order valence-electron chi connectivity index (χ4n) is 1.75. The summed E-state index contributed by atoms with van der Waals surface area (Å²) < 4.78 is 26.9. The molecule has 0 heterocycles. The standard InChI is InChI=1S/C14H10ClF2NO3/c15-9-2-1-3-13(19)8(9)6-18-12-4-7(14(20)21)10(16)5-11(12)17/h1-5,18-19H,6H2,(H,20,21). The highest BCUT2D eigenvalue weighted by molar-refractivity contribution is 6.31. The highest BCUT2D eigenvalue weighted by Gasteiger charge is 2.15. The first kappa shape index (κ1) is 15.1. The van der Waals surface area contributed by atoms with Gasteiger partial charge in [-0.25, -0.2) is 13.6 Å². The number of carboxylic acid groups (broad SMARTS) is 1. The normalized spacial score (nSPS) is 10.4. The molecule has 0 fully saturated rings. The molecule has 2 aromatic carbocycles. The van der Waals surface area contributed by atoms with Crippen molar-refractivity contribution in [1.82, 2.24) is 0 Å². The number of hydrogen-bond donors (Lipinski definition) is 3. The van der Waals surface area contributed by atoms with Crippen molar-refractivity contribution in [3.8, 4) is 5.75 Å². The van der Waals surface area contributed by atoms with Gasteiger partial charge in [-0.3, -0.25) is 0 Å². The third kappa shape index (κ3) is 3.22. The summed E-state index contributed by atoms with van der Waals surface area (Å²) in [5.41, 5.74) is -0.532. The predicted octanol–water partition coefficient (Wildman–Crippen LogP) is 3.63. The molecule has 7 heteroatoms. The van der Waals surface area contributed by atoms with Gasteiger partial charge in [0.2, 0.25) is 0 Å². The summed E-state index contributed by atoms with van der Waals surface area (Å²) in [5, 5.41) is 21.3. The Kier molecular flexibility index (Phi) is 4.28. The smallest absolute Gasteiger partial charge is 0.338 e. The number of phenols is 1. The summed E-state index contributed by atoms with van der Waals surface area (Å²) in [4.78, 5) is 10.8. The molecule has 0 aromatic heterocycles. The molecule has 21 heavy (non-hydrogen) atoms. The van der Waals surface area contributed by atoms with E-state index < -0.39 is 23.2 Å². The van der Waals surface area contributed by atoms with E-state index in [0.29, 0.717) is 11.6 Å². The van der Waals surface area contributed by atoms with Crippen LogP contribution in [0.15, 0.2) is 30.3 Å².